The van der Waals surface area contributed by atoms with Gasteiger partial charge in [0.15, 0.2) is 0 Å². The van der Waals surface area contributed by atoms with Crippen molar-refractivity contribution in [1.82, 2.24) is 10.6 Å². The van der Waals surface area contributed by atoms with E-state index >= 15 is 0 Å². The van der Waals surface area contributed by atoms with Crippen molar-refractivity contribution in [3.63, 3.8) is 0 Å². The minimum atomic E-state index is -0.963. The molecule has 0 saturated heterocycles. The molecule has 0 saturated carbocycles. The number of halogens is 1. The number of amides is 2. The molecule has 1 unspecified atom stereocenters. The second kappa shape index (κ2) is 6.61. The number of carbonyl (C=O) groups excluding carboxylic acids is 1. The monoisotopic (exact) mass is 298 g/mol. The maximum absolute atomic E-state index is 11.9. The van der Waals surface area contributed by atoms with E-state index in [4.69, 9.17) is 16.7 Å². The molecular weight excluding hydrogens is 280 g/mol. The number of urea groups is 1. The fourth-order valence-corrected chi connectivity index (χ4v) is 2.17. The number of carbonyl (C=O) groups is 2. The molecule has 0 heterocycles. The Labute approximate surface area is 123 Å². The van der Waals surface area contributed by atoms with Crippen LogP contribution in [-0.4, -0.2) is 22.6 Å². The highest BCUT2D eigenvalue weighted by molar-refractivity contribution is 6.31. The second-order valence-electron chi connectivity index (χ2n) is 5.30. The van der Waals surface area contributed by atoms with Crippen molar-refractivity contribution in [2.24, 2.45) is 0 Å². The van der Waals surface area contributed by atoms with Crippen LogP contribution in [0.25, 0.3) is 0 Å². The van der Waals surface area contributed by atoms with Crippen LogP contribution in [-0.2, 0) is 4.79 Å². The maximum Gasteiger partial charge on any atom is 0.315 e. The lowest BCUT2D eigenvalue weighted by Crippen LogP contribution is -2.49. The van der Waals surface area contributed by atoms with Gasteiger partial charge in [-0.2, -0.15) is 0 Å². The average molecular weight is 299 g/mol. The Kier molecular flexibility index (Phi) is 5.39. The van der Waals surface area contributed by atoms with Gasteiger partial charge in [-0.05, 0) is 32.4 Å². The van der Waals surface area contributed by atoms with Gasteiger partial charge in [0.2, 0.25) is 0 Å². The fourth-order valence-electron chi connectivity index (χ4n) is 1.87. The quantitative estimate of drug-likeness (QED) is 0.782. The molecule has 0 fully saturated rings. The van der Waals surface area contributed by atoms with Gasteiger partial charge in [-0.1, -0.05) is 29.8 Å². The number of carboxylic acid groups (broad SMARTS) is 1. The van der Waals surface area contributed by atoms with Crippen molar-refractivity contribution >= 4 is 23.6 Å². The number of hydrogen-bond acceptors (Lipinski definition) is 2. The summed E-state index contributed by atoms with van der Waals surface area (Å²) in [6.07, 6.45) is -0.152. The first-order chi connectivity index (χ1) is 9.21. The van der Waals surface area contributed by atoms with Gasteiger partial charge in [-0.3, -0.25) is 4.79 Å². The molecule has 1 aromatic carbocycles. The first-order valence-corrected chi connectivity index (χ1v) is 6.64. The van der Waals surface area contributed by atoms with Crippen molar-refractivity contribution in [2.75, 3.05) is 0 Å². The van der Waals surface area contributed by atoms with Crippen LogP contribution in [0.5, 0.6) is 0 Å². The number of nitrogens with one attached hydrogen (secondary N) is 2. The predicted molar refractivity (Wildman–Crippen MR) is 77.9 cm³/mol. The van der Waals surface area contributed by atoms with Gasteiger partial charge < -0.3 is 15.7 Å². The fraction of sp³-hybridized carbons (Fsp3) is 0.429. The molecular formula is C14H19ClN2O3. The Balaban J connectivity index is 2.63. The summed E-state index contributed by atoms with van der Waals surface area (Å²) >= 11 is 6.06. The second-order valence-corrected chi connectivity index (χ2v) is 5.70. The molecule has 0 bridgehead atoms. The molecule has 1 atom stereocenters. The summed E-state index contributed by atoms with van der Waals surface area (Å²) in [5.74, 6) is -0.963. The highest BCUT2D eigenvalue weighted by atomic mass is 35.5. The highest BCUT2D eigenvalue weighted by Gasteiger charge is 2.24. The van der Waals surface area contributed by atoms with Crippen LogP contribution >= 0.6 is 11.6 Å². The van der Waals surface area contributed by atoms with E-state index in [1.54, 1.807) is 19.9 Å². The van der Waals surface area contributed by atoms with Crippen molar-refractivity contribution in [3.8, 4) is 0 Å². The van der Waals surface area contributed by atoms with Crippen LogP contribution in [0.4, 0.5) is 4.79 Å². The van der Waals surface area contributed by atoms with E-state index in [9.17, 15) is 9.59 Å². The lowest BCUT2D eigenvalue weighted by Gasteiger charge is -2.26. The molecule has 0 spiro atoms. The van der Waals surface area contributed by atoms with E-state index in [1.165, 1.54) is 0 Å². The first kappa shape index (κ1) is 16.3. The number of aliphatic carboxylic acids is 1. The normalized spacial score (nSPS) is 12.6. The summed E-state index contributed by atoms with van der Waals surface area (Å²) in [6, 6.07) is 6.53. The zero-order valence-corrected chi connectivity index (χ0v) is 12.5. The van der Waals surface area contributed by atoms with E-state index in [2.05, 4.69) is 10.6 Å². The summed E-state index contributed by atoms with van der Waals surface area (Å²) < 4.78 is 0. The molecule has 20 heavy (non-hydrogen) atoms. The zero-order valence-electron chi connectivity index (χ0n) is 11.7. The van der Waals surface area contributed by atoms with Gasteiger partial charge >= 0.3 is 12.0 Å². The molecule has 0 aliphatic carbocycles. The highest BCUT2D eigenvalue weighted by Crippen LogP contribution is 2.22. The largest absolute Gasteiger partial charge is 0.481 e. The van der Waals surface area contributed by atoms with Gasteiger partial charge in [-0.15, -0.1) is 0 Å². The standard InChI is InChI=1S/C14H19ClN2O3/c1-9(10-6-4-5-7-11(10)15)16-13(20)17-14(2,3)8-12(18)19/h4-7,9H,8H2,1-3H3,(H,18,19)(H2,16,17,20). The summed E-state index contributed by atoms with van der Waals surface area (Å²) in [7, 11) is 0. The van der Waals surface area contributed by atoms with E-state index < -0.39 is 17.5 Å². The van der Waals surface area contributed by atoms with Crippen LogP contribution in [0.1, 0.15) is 38.8 Å². The number of benzene rings is 1. The molecule has 6 heteroatoms. The Bertz CT molecular complexity index is 503. The minimum absolute atomic E-state index is 0.152. The Morgan fingerprint density at radius 2 is 1.95 bits per heavy atom. The van der Waals surface area contributed by atoms with E-state index in [1.807, 2.05) is 25.1 Å². The van der Waals surface area contributed by atoms with Gasteiger partial charge in [0.25, 0.3) is 0 Å². The molecule has 0 aliphatic rings. The third-order valence-corrected chi connectivity index (χ3v) is 3.11. The predicted octanol–water partition coefficient (Wildman–Crippen LogP) is 2.95. The van der Waals surface area contributed by atoms with Crippen LogP contribution in [0.3, 0.4) is 0 Å². The molecule has 5 nitrogen and oxygen atoms in total. The van der Waals surface area contributed by atoms with E-state index in [0.717, 1.165) is 5.56 Å². The Morgan fingerprint density at radius 3 is 2.50 bits per heavy atom. The topological polar surface area (TPSA) is 78.4 Å². The SMILES string of the molecule is CC(NC(=O)NC(C)(C)CC(=O)O)c1ccccc1Cl. The number of hydrogen-bond donors (Lipinski definition) is 3. The average Bonchev–Trinajstić information content (AvgIpc) is 2.25. The van der Waals surface area contributed by atoms with Crippen LogP contribution in [0.15, 0.2) is 24.3 Å². The first-order valence-electron chi connectivity index (χ1n) is 6.26. The molecule has 0 aromatic heterocycles. The summed E-state index contributed by atoms with van der Waals surface area (Å²) in [5, 5.41) is 14.7. The number of rotatable bonds is 5. The van der Waals surface area contributed by atoms with Crippen LogP contribution < -0.4 is 10.6 Å². The van der Waals surface area contributed by atoms with Crippen LogP contribution in [0, 0.1) is 0 Å². The third-order valence-electron chi connectivity index (χ3n) is 2.76. The van der Waals surface area contributed by atoms with E-state index in [-0.39, 0.29) is 12.5 Å². The third kappa shape index (κ3) is 5.09. The molecule has 0 radical (unpaired) electrons. The smallest absolute Gasteiger partial charge is 0.315 e. The number of carboxylic acids is 1. The van der Waals surface area contributed by atoms with Gasteiger partial charge in [0.05, 0.1) is 12.5 Å². The van der Waals surface area contributed by atoms with Crippen molar-refractivity contribution < 1.29 is 14.7 Å². The Morgan fingerprint density at radius 1 is 1.35 bits per heavy atom. The summed E-state index contributed by atoms with van der Waals surface area (Å²) in [5.41, 5.74) is -0.0174. The molecule has 0 aliphatic heterocycles. The van der Waals surface area contributed by atoms with Gasteiger partial charge in [0, 0.05) is 10.6 Å². The summed E-state index contributed by atoms with van der Waals surface area (Å²) in [6.45, 7) is 5.12. The van der Waals surface area contributed by atoms with Crippen molar-refractivity contribution in [3.05, 3.63) is 34.9 Å². The Hall–Kier alpha value is -1.75. The van der Waals surface area contributed by atoms with Crippen molar-refractivity contribution in [2.45, 2.75) is 38.8 Å². The lowest BCUT2D eigenvalue weighted by molar-refractivity contribution is -0.138. The molecule has 1 aromatic rings. The van der Waals surface area contributed by atoms with Gasteiger partial charge in [-0.25, -0.2) is 4.79 Å². The van der Waals surface area contributed by atoms with Gasteiger partial charge in [0.1, 0.15) is 0 Å². The van der Waals surface area contributed by atoms with Crippen molar-refractivity contribution in [1.29, 1.82) is 0 Å². The molecule has 2 amide bonds. The lowest BCUT2D eigenvalue weighted by atomic mass is 10.0. The van der Waals surface area contributed by atoms with E-state index in [0.29, 0.717) is 5.02 Å². The molecule has 3 N–H and O–H groups in total. The van der Waals surface area contributed by atoms with Crippen LogP contribution in [0.2, 0.25) is 5.02 Å². The zero-order chi connectivity index (χ0) is 15.3. The minimum Gasteiger partial charge on any atom is -0.481 e. The maximum atomic E-state index is 11.9. The molecule has 1 rings (SSSR count). The molecule has 110 valence electrons. The summed E-state index contributed by atoms with van der Waals surface area (Å²) in [4.78, 5) is 22.6.